The monoisotopic (exact) mass is 206 g/mol. The van der Waals surface area contributed by atoms with Gasteiger partial charge in [0, 0.05) is 12.5 Å². The van der Waals surface area contributed by atoms with Crippen LogP contribution in [0.4, 0.5) is 0 Å². The fraction of sp³-hybridized carbons (Fsp3) is 0.250. The zero-order chi connectivity index (χ0) is 11.1. The Morgan fingerprint density at radius 3 is 2.80 bits per heavy atom. The Balaban J connectivity index is 2.59. The molecule has 0 saturated heterocycles. The van der Waals surface area contributed by atoms with Crippen LogP contribution in [0.15, 0.2) is 30.3 Å². The van der Waals surface area contributed by atoms with Crippen molar-refractivity contribution < 1.29 is 14.3 Å². The molecule has 0 fully saturated rings. The maximum Gasteiger partial charge on any atom is 0.302 e. The topological polar surface area (TPSA) is 35.5 Å². The molecule has 1 aromatic carbocycles. The van der Waals surface area contributed by atoms with E-state index in [2.05, 4.69) is 0 Å². The highest BCUT2D eigenvalue weighted by atomic mass is 16.5. The fourth-order valence-electron chi connectivity index (χ4n) is 1.14. The first kappa shape index (κ1) is 11.3. The van der Waals surface area contributed by atoms with Gasteiger partial charge in [0.2, 0.25) is 0 Å². The summed E-state index contributed by atoms with van der Waals surface area (Å²) in [4.78, 5) is 10.5. The van der Waals surface area contributed by atoms with Gasteiger partial charge in [-0.15, -0.1) is 0 Å². The van der Waals surface area contributed by atoms with E-state index in [-0.39, 0.29) is 12.6 Å². The van der Waals surface area contributed by atoms with E-state index < -0.39 is 0 Å². The molecular weight excluding hydrogens is 192 g/mol. The molecule has 0 heterocycles. The first-order chi connectivity index (χ1) is 7.24. The van der Waals surface area contributed by atoms with Crippen LogP contribution in [-0.4, -0.2) is 19.7 Å². The normalized spacial score (nSPS) is 10.3. The molecule has 1 rings (SSSR count). The number of carbonyl (C=O) groups is 1. The van der Waals surface area contributed by atoms with Crippen LogP contribution in [0.3, 0.4) is 0 Å². The molecule has 0 aliphatic carbocycles. The van der Waals surface area contributed by atoms with Gasteiger partial charge in [0.1, 0.15) is 12.4 Å². The molecule has 0 bridgehead atoms. The maximum atomic E-state index is 10.5. The lowest BCUT2D eigenvalue weighted by Crippen LogP contribution is -1.97. The Morgan fingerprint density at radius 2 is 2.13 bits per heavy atom. The van der Waals surface area contributed by atoms with Gasteiger partial charge in [-0.2, -0.15) is 0 Å². The van der Waals surface area contributed by atoms with E-state index in [0.29, 0.717) is 0 Å². The minimum atomic E-state index is -0.278. The predicted molar refractivity (Wildman–Crippen MR) is 58.7 cm³/mol. The number of carbonyl (C=O) groups excluding carboxylic acids is 1. The Morgan fingerprint density at radius 1 is 1.40 bits per heavy atom. The van der Waals surface area contributed by atoms with Crippen LogP contribution < -0.4 is 4.74 Å². The lowest BCUT2D eigenvalue weighted by molar-refractivity contribution is -0.139. The average molecular weight is 206 g/mol. The molecule has 1 aromatic rings. The Bertz CT molecular complexity index is 356. The summed E-state index contributed by atoms with van der Waals surface area (Å²) >= 11 is 0. The number of methoxy groups -OCH3 is 1. The largest absolute Gasteiger partial charge is 0.496 e. The Hall–Kier alpha value is -1.77. The van der Waals surface area contributed by atoms with Gasteiger partial charge in [-0.25, -0.2) is 0 Å². The zero-order valence-corrected chi connectivity index (χ0v) is 8.90. The second-order valence-corrected chi connectivity index (χ2v) is 2.95. The summed E-state index contributed by atoms with van der Waals surface area (Å²) in [6.07, 6.45) is 3.64. The van der Waals surface area contributed by atoms with Gasteiger partial charge >= 0.3 is 5.97 Å². The summed E-state index contributed by atoms with van der Waals surface area (Å²) in [5.41, 5.74) is 0.965. The molecule has 3 nitrogen and oxygen atoms in total. The number of rotatable bonds is 4. The van der Waals surface area contributed by atoms with Crippen molar-refractivity contribution in [3.05, 3.63) is 35.9 Å². The SMILES string of the molecule is COc1ccccc1/C=C/COC(C)=O. The smallest absolute Gasteiger partial charge is 0.302 e. The highest BCUT2D eigenvalue weighted by Crippen LogP contribution is 2.18. The second kappa shape index (κ2) is 5.86. The number of ether oxygens (including phenoxy) is 2. The van der Waals surface area contributed by atoms with E-state index in [1.165, 1.54) is 6.92 Å². The first-order valence-electron chi connectivity index (χ1n) is 4.67. The van der Waals surface area contributed by atoms with E-state index in [9.17, 15) is 4.79 Å². The predicted octanol–water partition coefficient (Wildman–Crippen LogP) is 2.27. The summed E-state index contributed by atoms with van der Waals surface area (Å²) in [5, 5.41) is 0. The maximum absolute atomic E-state index is 10.5. The molecule has 80 valence electrons. The third-order valence-corrected chi connectivity index (χ3v) is 1.82. The average Bonchev–Trinajstić information content (AvgIpc) is 2.24. The van der Waals surface area contributed by atoms with E-state index in [1.807, 2.05) is 30.3 Å². The first-order valence-corrected chi connectivity index (χ1v) is 4.67. The third-order valence-electron chi connectivity index (χ3n) is 1.82. The molecule has 0 aromatic heterocycles. The molecule has 0 spiro atoms. The van der Waals surface area contributed by atoms with Crippen LogP contribution in [0.1, 0.15) is 12.5 Å². The van der Waals surface area contributed by atoms with Gasteiger partial charge in [0.05, 0.1) is 7.11 Å². The number of para-hydroxylation sites is 1. The van der Waals surface area contributed by atoms with E-state index in [1.54, 1.807) is 13.2 Å². The van der Waals surface area contributed by atoms with Gasteiger partial charge in [-0.05, 0) is 12.1 Å². The lowest BCUT2D eigenvalue weighted by atomic mass is 10.2. The summed E-state index contributed by atoms with van der Waals surface area (Å²) < 4.78 is 9.94. The standard InChI is InChI=1S/C12H14O3/c1-10(13)15-9-5-7-11-6-3-4-8-12(11)14-2/h3-8H,9H2,1-2H3/b7-5+. The van der Waals surface area contributed by atoms with Crippen LogP contribution in [0, 0.1) is 0 Å². The minimum absolute atomic E-state index is 0.278. The van der Waals surface area contributed by atoms with Crippen LogP contribution in [0.2, 0.25) is 0 Å². The number of hydrogen-bond acceptors (Lipinski definition) is 3. The summed E-state index contributed by atoms with van der Waals surface area (Å²) in [6.45, 7) is 1.67. The molecular formula is C12H14O3. The van der Waals surface area contributed by atoms with Crippen molar-refractivity contribution in [2.45, 2.75) is 6.92 Å². The van der Waals surface area contributed by atoms with Gasteiger partial charge in [0.25, 0.3) is 0 Å². The van der Waals surface area contributed by atoms with Crippen LogP contribution in [0.25, 0.3) is 6.08 Å². The molecule has 0 saturated carbocycles. The van der Waals surface area contributed by atoms with Gasteiger partial charge in [-0.3, -0.25) is 4.79 Å². The van der Waals surface area contributed by atoms with Crippen molar-refractivity contribution in [1.82, 2.24) is 0 Å². The number of esters is 1. The molecule has 15 heavy (non-hydrogen) atoms. The highest BCUT2D eigenvalue weighted by Gasteiger charge is 1.96. The van der Waals surface area contributed by atoms with Crippen molar-refractivity contribution in [3.63, 3.8) is 0 Å². The molecule has 0 atom stereocenters. The van der Waals surface area contributed by atoms with Crippen molar-refractivity contribution in [1.29, 1.82) is 0 Å². The van der Waals surface area contributed by atoms with Crippen molar-refractivity contribution in [3.8, 4) is 5.75 Å². The lowest BCUT2D eigenvalue weighted by Gasteiger charge is -2.03. The van der Waals surface area contributed by atoms with E-state index in [0.717, 1.165) is 11.3 Å². The molecule has 0 radical (unpaired) electrons. The molecule has 0 unspecified atom stereocenters. The second-order valence-electron chi connectivity index (χ2n) is 2.95. The van der Waals surface area contributed by atoms with Gasteiger partial charge < -0.3 is 9.47 Å². The van der Waals surface area contributed by atoms with Crippen LogP contribution in [0.5, 0.6) is 5.75 Å². The zero-order valence-electron chi connectivity index (χ0n) is 8.90. The van der Waals surface area contributed by atoms with E-state index >= 15 is 0 Å². The van der Waals surface area contributed by atoms with Crippen molar-refractivity contribution >= 4 is 12.0 Å². The van der Waals surface area contributed by atoms with E-state index in [4.69, 9.17) is 9.47 Å². The number of hydrogen-bond donors (Lipinski definition) is 0. The van der Waals surface area contributed by atoms with Crippen molar-refractivity contribution in [2.24, 2.45) is 0 Å². The molecule has 3 heteroatoms. The highest BCUT2D eigenvalue weighted by molar-refractivity contribution is 5.66. The summed E-state index contributed by atoms with van der Waals surface area (Å²) in [6, 6.07) is 7.64. The third kappa shape index (κ3) is 3.85. The molecule has 0 N–H and O–H groups in total. The molecule has 0 amide bonds. The molecule has 0 aliphatic heterocycles. The van der Waals surface area contributed by atoms with Crippen LogP contribution in [-0.2, 0) is 9.53 Å². The van der Waals surface area contributed by atoms with Crippen LogP contribution >= 0.6 is 0 Å². The minimum Gasteiger partial charge on any atom is -0.496 e. The Kier molecular flexibility index (Phi) is 4.41. The molecule has 0 aliphatic rings. The van der Waals surface area contributed by atoms with Gasteiger partial charge in [0.15, 0.2) is 0 Å². The van der Waals surface area contributed by atoms with Crippen molar-refractivity contribution in [2.75, 3.05) is 13.7 Å². The summed E-state index contributed by atoms with van der Waals surface area (Å²) in [7, 11) is 1.62. The number of benzene rings is 1. The summed E-state index contributed by atoms with van der Waals surface area (Å²) in [5.74, 6) is 0.524. The Labute approximate surface area is 89.3 Å². The van der Waals surface area contributed by atoms with Gasteiger partial charge in [-0.1, -0.05) is 24.3 Å². The quantitative estimate of drug-likeness (QED) is 0.709. The fourth-order valence-corrected chi connectivity index (χ4v) is 1.14.